The van der Waals surface area contributed by atoms with Gasteiger partial charge in [0.05, 0.1) is 6.10 Å². The molecule has 1 fully saturated rings. The Labute approximate surface area is 191 Å². The molecule has 1 aromatic rings. The van der Waals surface area contributed by atoms with Gasteiger partial charge >= 0.3 is 29.1 Å². The van der Waals surface area contributed by atoms with Crippen molar-refractivity contribution in [3.05, 3.63) is 32.6 Å². The van der Waals surface area contributed by atoms with Crippen LogP contribution in [0.2, 0.25) is 0 Å². The Kier molecular flexibility index (Phi) is 9.36. The molecule has 2 rings (SSSR count). The highest BCUT2D eigenvalue weighted by molar-refractivity contribution is 7.67. The van der Waals surface area contributed by atoms with Gasteiger partial charge in [0.1, 0.15) is 12.3 Å². The number of aliphatic hydroxyl groups is 2. The third-order valence-electron chi connectivity index (χ3n) is 4.12. The number of phosphoric acid groups is 2. The van der Waals surface area contributed by atoms with Crippen LogP contribution in [0.5, 0.6) is 0 Å². The quantitative estimate of drug-likeness (QED) is 0.0738. The average molecular weight is 549 g/mol. The van der Waals surface area contributed by atoms with Crippen LogP contribution >= 0.6 is 23.4 Å². The molecule has 4 unspecified atom stereocenters. The van der Waals surface area contributed by atoms with Gasteiger partial charge in [-0.25, -0.2) is 23.6 Å². The number of hydrogen-bond acceptors (Lipinski definition) is 11. The van der Waals surface area contributed by atoms with Gasteiger partial charge in [-0.3, -0.25) is 18.9 Å². The van der Waals surface area contributed by atoms with Gasteiger partial charge in [0.25, 0.3) is 5.56 Å². The zero-order valence-corrected chi connectivity index (χ0v) is 20.0. The molecule has 1 saturated heterocycles. The smallest absolute Gasteiger partial charge is 0.390 e. The number of ether oxygens (including phenoxy) is 1. The summed E-state index contributed by atoms with van der Waals surface area (Å²) in [5, 5.41) is 21.9. The van der Waals surface area contributed by atoms with E-state index < -0.39 is 59.4 Å². The maximum atomic E-state index is 12.0. The summed E-state index contributed by atoms with van der Waals surface area (Å²) in [6.45, 7) is 1.08. The second-order valence-corrected chi connectivity index (χ2v) is 11.6. The molecule has 2 heterocycles. The molecular weight excluding hydrogens is 527 g/mol. The van der Waals surface area contributed by atoms with Gasteiger partial charge in [0, 0.05) is 31.1 Å². The minimum atomic E-state index is -5.72. The number of rotatable bonds is 11. The third-order valence-corrected chi connectivity index (χ3v) is 8.58. The Bertz CT molecular complexity index is 1190. The zero-order chi connectivity index (χ0) is 25.9. The normalized spacial score (nSPS) is 26.7. The van der Waals surface area contributed by atoms with Crippen molar-refractivity contribution in [3.63, 3.8) is 0 Å². The fraction of sp³-hybridized carbons (Fsp3) is 0.571. The monoisotopic (exact) mass is 549 g/mol. The molecule has 0 amide bonds. The molecule has 1 aromatic heterocycles. The van der Waals surface area contributed by atoms with Crippen molar-refractivity contribution in [2.45, 2.75) is 44.5 Å². The van der Waals surface area contributed by atoms with E-state index in [2.05, 4.69) is 19.1 Å². The Morgan fingerprint density at radius 3 is 2.56 bits per heavy atom. The van der Waals surface area contributed by atoms with E-state index in [1.54, 1.807) is 5.09 Å². The van der Waals surface area contributed by atoms with Crippen molar-refractivity contribution >= 4 is 23.4 Å². The van der Waals surface area contributed by atoms with E-state index in [4.69, 9.17) is 11.2 Å². The summed E-state index contributed by atoms with van der Waals surface area (Å²) >= 11 is 0. The SMILES string of the molecule is C#CCCNP(=O)(O)OP(=O)(O)OP(=O)(O)OC(O)[C@H]1O[C@@H](n2cc(C)c(=O)[nH]c2=O)C[C@@H]1O. The molecule has 34 heavy (non-hydrogen) atoms. The molecule has 0 spiro atoms. The minimum Gasteiger partial charge on any atom is -0.390 e. The van der Waals surface area contributed by atoms with Crippen LogP contribution in [0, 0.1) is 19.3 Å². The van der Waals surface area contributed by atoms with Crippen LogP contribution in [0.25, 0.3) is 0 Å². The maximum absolute atomic E-state index is 12.0. The Hall–Kier alpha value is -1.47. The standard InChI is InChI=1S/C14H22N3O14P3/c1-3-4-5-15-32(22,23)30-34(26,27)31-33(24,25)29-13(20)11-9(18)6-10(28-11)17-7-8(2)12(19)16-14(17)21/h1,7,9-11,13,18,20H,4-6H2,2H3,(H,24,25)(H,26,27)(H2,15,22,23)(H,16,19,21)/t9-,10+,11-,13?/m0/s1. The lowest BCUT2D eigenvalue weighted by Gasteiger charge is -2.24. The molecule has 1 aliphatic heterocycles. The minimum absolute atomic E-state index is 0.0617. The molecule has 7 atom stereocenters. The summed E-state index contributed by atoms with van der Waals surface area (Å²) in [5.41, 5.74) is -1.44. The molecule has 7 N–H and O–H groups in total. The zero-order valence-electron chi connectivity index (χ0n) is 17.3. The van der Waals surface area contributed by atoms with Crippen LogP contribution in [0.15, 0.2) is 15.8 Å². The molecule has 0 aromatic carbocycles. The molecule has 0 aliphatic carbocycles. The molecule has 20 heteroatoms. The number of phosphoric ester groups is 1. The Morgan fingerprint density at radius 2 is 1.94 bits per heavy atom. The van der Waals surface area contributed by atoms with Crippen LogP contribution in [0.1, 0.15) is 24.6 Å². The number of H-pyrrole nitrogens is 1. The van der Waals surface area contributed by atoms with Crippen molar-refractivity contribution in [1.82, 2.24) is 14.6 Å². The Balaban J connectivity index is 2.05. The number of nitrogens with zero attached hydrogens (tertiary/aromatic N) is 1. The van der Waals surface area contributed by atoms with Gasteiger partial charge in [-0.05, 0) is 6.92 Å². The summed E-state index contributed by atoms with van der Waals surface area (Å²) in [4.78, 5) is 54.0. The van der Waals surface area contributed by atoms with Crippen LogP contribution in [-0.4, -0.2) is 59.5 Å². The number of aryl methyl sites for hydroxylation is 1. The van der Waals surface area contributed by atoms with E-state index in [9.17, 15) is 48.2 Å². The van der Waals surface area contributed by atoms with E-state index in [-0.39, 0.29) is 24.9 Å². The molecule has 0 saturated carbocycles. The number of aromatic amines is 1. The molecule has 192 valence electrons. The molecule has 0 radical (unpaired) electrons. The van der Waals surface area contributed by atoms with Gasteiger partial charge in [-0.2, -0.15) is 8.62 Å². The van der Waals surface area contributed by atoms with E-state index in [1.165, 1.54) is 6.92 Å². The number of aromatic nitrogens is 2. The first-order valence-corrected chi connectivity index (χ1v) is 13.7. The highest BCUT2D eigenvalue weighted by Gasteiger charge is 2.46. The second-order valence-electron chi connectivity index (χ2n) is 6.82. The number of hydrogen-bond donors (Lipinski definition) is 7. The number of terminal acetylenes is 1. The lowest BCUT2D eigenvalue weighted by Crippen LogP contribution is -2.36. The second kappa shape index (κ2) is 11.1. The van der Waals surface area contributed by atoms with Crippen LogP contribution < -0.4 is 16.3 Å². The third kappa shape index (κ3) is 8.04. The van der Waals surface area contributed by atoms with E-state index >= 15 is 0 Å². The van der Waals surface area contributed by atoms with Crippen LogP contribution in [-0.2, 0) is 31.6 Å². The lowest BCUT2D eigenvalue weighted by atomic mass is 10.2. The summed E-state index contributed by atoms with van der Waals surface area (Å²) in [6, 6.07) is 0. The maximum Gasteiger partial charge on any atom is 0.489 e. The first-order valence-electron chi connectivity index (χ1n) is 9.17. The largest absolute Gasteiger partial charge is 0.489 e. The van der Waals surface area contributed by atoms with Crippen molar-refractivity contribution in [1.29, 1.82) is 0 Å². The summed E-state index contributed by atoms with van der Waals surface area (Å²) in [6.07, 6.45) is -1.35. The van der Waals surface area contributed by atoms with Gasteiger partial charge in [0.2, 0.25) is 0 Å². The van der Waals surface area contributed by atoms with Crippen molar-refractivity contribution in [2.24, 2.45) is 0 Å². The summed E-state index contributed by atoms with van der Waals surface area (Å²) < 4.78 is 53.8. The van der Waals surface area contributed by atoms with Crippen molar-refractivity contribution < 1.29 is 56.5 Å². The fourth-order valence-electron chi connectivity index (χ4n) is 2.70. The van der Waals surface area contributed by atoms with E-state index in [0.29, 0.717) is 0 Å². The predicted molar refractivity (Wildman–Crippen MR) is 111 cm³/mol. The highest BCUT2D eigenvalue weighted by atomic mass is 31.3. The highest BCUT2D eigenvalue weighted by Crippen LogP contribution is 2.66. The molecule has 17 nitrogen and oxygen atoms in total. The van der Waals surface area contributed by atoms with Crippen molar-refractivity contribution in [3.8, 4) is 12.3 Å². The van der Waals surface area contributed by atoms with Crippen LogP contribution in [0.4, 0.5) is 0 Å². The van der Waals surface area contributed by atoms with E-state index in [0.717, 1.165) is 10.8 Å². The van der Waals surface area contributed by atoms with Crippen LogP contribution in [0.3, 0.4) is 0 Å². The molecular formula is C14H22N3O14P3. The lowest BCUT2D eigenvalue weighted by molar-refractivity contribution is -0.161. The van der Waals surface area contributed by atoms with E-state index in [1.807, 2.05) is 4.98 Å². The van der Waals surface area contributed by atoms with Gasteiger partial charge in [0.15, 0.2) is 6.29 Å². The molecule has 0 bridgehead atoms. The van der Waals surface area contributed by atoms with Gasteiger partial charge in [-0.1, -0.05) is 0 Å². The first kappa shape index (κ1) is 28.8. The first-order chi connectivity index (χ1) is 15.6. The predicted octanol–water partition coefficient (Wildman–Crippen LogP) is -1.22. The fourth-order valence-corrected chi connectivity index (χ4v) is 6.43. The Morgan fingerprint density at radius 1 is 1.29 bits per heavy atom. The molecule has 1 aliphatic rings. The summed E-state index contributed by atoms with van der Waals surface area (Å²) in [5.74, 6) is 2.10. The van der Waals surface area contributed by atoms with Crippen molar-refractivity contribution in [2.75, 3.05) is 6.54 Å². The number of aliphatic hydroxyl groups excluding tert-OH is 2. The summed E-state index contributed by atoms with van der Waals surface area (Å²) in [7, 11) is -16.4. The topological polar surface area (TPSA) is 256 Å². The average Bonchev–Trinajstić information content (AvgIpc) is 3.04. The number of nitrogens with one attached hydrogen (secondary N) is 2. The van der Waals surface area contributed by atoms with Gasteiger partial charge in [-0.15, -0.1) is 12.3 Å². The van der Waals surface area contributed by atoms with Gasteiger partial charge < -0.3 is 29.6 Å².